The normalized spacial score (nSPS) is 10.3. The van der Waals surface area contributed by atoms with Gasteiger partial charge in [0.1, 0.15) is 5.82 Å². The summed E-state index contributed by atoms with van der Waals surface area (Å²) in [4.78, 5) is 20.2. The number of aromatic nitrogens is 2. The van der Waals surface area contributed by atoms with E-state index in [0.717, 1.165) is 11.4 Å². The molecule has 0 atom stereocenters. The van der Waals surface area contributed by atoms with E-state index in [-0.39, 0.29) is 5.97 Å². The number of nitrogens with zero attached hydrogens (tertiary/aromatic N) is 2. The zero-order chi connectivity index (χ0) is 18.5. The van der Waals surface area contributed by atoms with Crippen molar-refractivity contribution in [2.75, 3.05) is 17.7 Å². The molecule has 0 amide bonds. The minimum Gasteiger partial charge on any atom is -0.465 e. The van der Waals surface area contributed by atoms with Crippen molar-refractivity contribution in [3.05, 3.63) is 71.4 Å². The van der Waals surface area contributed by atoms with E-state index in [0.29, 0.717) is 17.3 Å². The van der Waals surface area contributed by atoms with Gasteiger partial charge in [-0.15, -0.1) is 0 Å². The van der Waals surface area contributed by atoms with Crippen molar-refractivity contribution in [1.82, 2.24) is 9.97 Å². The van der Waals surface area contributed by atoms with E-state index >= 15 is 0 Å². The topological polar surface area (TPSA) is 76.1 Å². The number of methoxy groups -OCH3 is 1. The van der Waals surface area contributed by atoms with Crippen molar-refractivity contribution in [2.45, 2.75) is 13.8 Å². The summed E-state index contributed by atoms with van der Waals surface area (Å²) in [6, 6.07) is 15.0. The molecule has 0 aliphatic heterocycles. The van der Waals surface area contributed by atoms with Crippen LogP contribution in [0.1, 0.15) is 21.5 Å². The van der Waals surface area contributed by atoms with Crippen LogP contribution in [0.15, 0.2) is 54.7 Å². The van der Waals surface area contributed by atoms with Crippen molar-refractivity contribution in [1.29, 1.82) is 0 Å². The highest BCUT2D eigenvalue weighted by atomic mass is 16.5. The van der Waals surface area contributed by atoms with Crippen LogP contribution in [-0.4, -0.2) is 23.0 Å². The average molecular weight is 348 g/mol. The third-order valence-electron chi connectivity index (χ3n) is 3.71. The second-order valence-corrected chi connectivity index (χ2v) is 5.96. The molecule has 6 heteroatoms. The van der Waals surface area contributed by atoms with E-state index in [2.05, 4.69) is 40.5 Å². The molecule has 3 aromatic rings. The second kappa shape index (κ2) is 7.65. The maximum Gasteiger partial charge on any atom is 0.337 e. The van der Waals surface area contributed by atoms with E-state index in [4.69, 9.17) is 4.74 Å². The van der Waals surface area contributed by atoms with Crippen LogP contribution in [0.25, 0.3) is 0 Å². The van der Waals surface area contributed by atoms with E-state index < -0.39 is 0 Å². The van der Waals surface area contributed by atoms with Gasteiger partial charge >= 0.3 is 5.97 Å². The summed E-state index contributed by atoms with van der Waals surface area (Å²) in [5.74, 6) is 0.794. The first kappa shape index (κ1) is 17.4. The fraction of sp³-hybridized carbons (Fsp3) is 0.150. The van der Waals surface area contributed by atoms with Crippen LogP contribution in [0, 0.1) is 13.8 Å². The van der Waals surface area contributed by atoms with Crippen molar-refractivity contribution >= 4 is 29.1 Å². The van der Waals surface area contributed by atoms with Crippen molar-refractivity contribution < 1.29 is 9.53 Å². The molecule has 2 N–H and O–H groups in total. The number of esters is 1. The Morgan fingerprint density at radius 3 is 2.27 bits per heavy atom. The maximum absolute atomic E-state index is 11.5. The summed E-state index contributed by atoms with van der Waals surface area (Å²) < 4.78 is 4.70. The molecule has 0 bridgehead atoms. The Morgan fingerprint density at radius 2 is 1.62 bits per heavy atom. The van der Waals surface area contributed by atoms with Crippen LogP contribution < -0.4 is 10.6 Å². The molecule has 6 nitrogen and oxygen atoms in total. The largest absolute Gasteiger partial charge is 0.465 e. The summed E-state index contributed by atoms with van der Waals surface area (Å²) in [6.45, 7) is 4.10. The van der Waals surface area contributed by atoms with Crippen molar-refractivity contribution in [3.63, 3.8) is 0 Å². The highest BCUT2D eigenvalue weighted by Crippen LogP contribution is 2.20. The highest BCUT2D eigenvalue weighted by molar-refractivity contribution is 5.89. The predicted octanol–water partition coefficient (Wildman–Crippen LogP) is 4.37. The van der Waals surface area contributed by atoms with Crippen LogP contribution >= 0.6 is 0 Å². The number of hydrogen-bond donors (Lipinski definition) is 2. The van der Waals surface area contributed by atoms with Crippen molar-refractivity contribution in [3.8, 4) is 0 Å². The maximum atomic E-state index is 11.5. The fourth-order valence-corrected chi connectivity index (χ4v) is 2.62. The summed E-state index contributed by atoms with van der Waals surface area (Å²) in [5, 5.41) is 6.41. The monoisotopic (exact) mass is 348 g/mol. The zero-order valence-electron chi connectivity index (χ0n) is 14.9. The lowest BCUT2D eigenvalue weighted by Gasteiger charge is -2.10. The molecule has 132 valence electrons. The number of aryl methyl sites for hydroxylation is 2. The first-order chi connectivity index (χ1) is 12.5. The molecule has 1 heterocycles. The van der Waals surface area contributed by atoms with Gasteiger partial charge in [0, 0.05) is 17.6 Å². The summed E-state index contributed by atoms with van der Waals surface area (Å²) in [5.41, 5.74) is 4.61. The number of ether oxygens (including phenoxy) is 1. The van der Waals surface area contributed by atoms with Gasteiger partial charge in [0.25, 0.3) is 0 Å². The third-order valence-corrected chi connectivity index (χ3v) is 3.71. The van der Waals surface area contributed by atoms with Gasteiger partial charge in [-0.25, -0.2) is 9.78 Å². The molecule has 3 rings (SSSR count). The molecule has 0 fully saturated rings. The Kier molecular flexibility index (Phi) is 5.12. The third kappa shape index (κ3) is 4.36. The summed E-state index contributed by atoms with van der Waals surface area (Å²) in [6.07, 6.45) is 1.68. The van der Waals surface area contributed by atoms with Gasteiger partial charge in [0.15, 0.2) is 0 Å². The Hall–Kier alpha value is -3.41. The fourth-order valence-electron chi connectivity index (χ4n) is 2.62. The zero-order valence-corrected chi connectivity index (χ0v) is 14.9. The van der Waals surface area contributed by atoms with Gasteiger partial charge in [-0.05, 0) is 67.4 Å². The first-order valence-corrected chi connectivity index (χ1v) is 8.17. The number of benzene rings is 2. The molecule has 0 radical (unpaired) electrons. The number of nitrogens with one attached hydrogen (secondary N) is 2. The number of hydrogen-bond acceptors (Lipinski definition) is 6. The van der Waals surface area contributed by atoms with E-state index in [1.165, 1.54) is 18.2 Å². The molecule has 0 aliphatic rings. The molecular weight excluding hydrogens is 328 g/mol. The number of rotatable bonds is 5. The average Bonchev–Trinajstić information content (AvgIpc) is 2.61. The molecule has 2 aromatic carbocycles. The van der Waals surface area contributed by atoms with Gasteiger partial charge in [-0.2, -0.15) is 4.98 Å². The van der Waals surface area contributed by atoms with E-state index in [1.54, 1.807) is 36.5 Å². The molecule has 0 saturated carbocycles. The summed E-state index contributed by atoms with van der Waals surface area (Å²) >= 11 is 0. The predicted molar refractivity (Wildman–Crippen MR) is 102 cm³/mol. The van der Waals surface area contributed by atoms with Gasteiger partial charge in [-0.1, -0.05) is 6.07 Å². The van der Waals surface area contributed by atoms with Crippen molar-refractivity contribution in [2.24, 2.45) is 0 Å². The molecular formula is C20H20N4O2. The minimum absolute atomic E-state index is 0.362. The Labute approximate surface area is 152 Å². The van der Waals surface area contributed by atoms with Gasteiger partial charge in [0.05, 0.1) is 12.7 Å². The number of carbonyl (C=O) groups excluding carboxylic acids is 1. The molecule has 0 spiro atoms. The standard InChI is InChI=1S/C20H20N4O2/c1-13-10-14(2)12-17(11-13)23-20-21-9-8-18(24-20)22-16-6-4-15(5-7-16)19(25)26-3/h4-12H,1-3H3,(H2,21,22,23,24). The summed E-state index contributed by atoms with van der Waals surface area (Å²) in [7, 11) is 1.36. The SMILES string of the molecule is COC(=O)c1ccc(Nc2ccnc(Nc3cc(C)cc(C)c3)n2)cc1. The Morgan fingerprint density at radius 1 is 0.923 bits per heavy atom. The van der Waals surface area contributed by atoms with Crippen LogP contribution in [-0.2, 0) is 4.74 Å². The Bertz CT molecular complexity index is 903. The van der Waals surface area contributed by atoms with Crippen LogP contribution in [0.2, 0.25) is 0 Å². The van der Waals surface area contributed by atoms with Crippen LogP contribution in [0.4, 0.5) is 23.1 Å². The van der Waals surface area contributed by atoms with Crippen LogP contribution in [0.3, 0.4) is 0 Å². The van der Waals surface area contributed by atoms with E-state index in [9.17, 15) is 4.79 Å². The number of anilines is 4. The number of carbonyl (C=O) groups is 1. The first-order valence-electron chi connectivity index (χ1n) is 8.17. The molecule has 0 saturated heterocycles. The highest BCUT2D eigenvalue weighted by Gasteiger charge is 2.05. The van der Waals surface area contributed by atoms with Gasteiger partial charge < -0.3 is 15.4 Å². The molecule has 0 unspecified atom stereocenters. The smallest absolute Gasteiger partial charge is 0.337 e. The second-order valence-electron chi connectivity index (χ2n) is 5.96. The lowest BCUT2D eigenvalue weighted by Crippen LogP contribution is -2.02. The molecule has 1 aromatic heterocycles. The van der Waals surface area contributed by atoms with Crippen LogP contribution in [0.5, 0.6) is 0 Å². The lowest BCUT2D eigenvalue weighted by atomic mass is 10.1. The van der Waals surface area contributed by atoms with Gasteiger partial charge in [0.2, 0.25) is 5.95 Å². The minimum atomic E-state index is -0.362. The molecule has 26 heavy (non-hydrogen) atoms. The van der Waals surface area contributed by atoms with Gasteiger partial charge in [-0.3, -0.25) is 0 Å². The lowest BCUT2D eigenvalue weighted by molar-refractivity contribution is 0.0601. The van der Waals surface area contributed by atoms with E-state index in [1.807, 2.05) is 12.1 Å². The molecule has 0 aliphatic carbocycles. The quantitative estimate of drug-likeness (QED) is 0.667. The Balaban J connectivity index is 1.74.